The molecule has 1 nitrogen and oxygen atoms in total. The van der Waals surface area contributed by atoms with Crippen molar-refractivity contribution in [1.82, 2.24) is 0 Å². The van der Waals surface area contributed by atoms with Crippen molar-refractivity contribution in [2.45, 2.75) is 20.0 Å². The van der Waals surface area contributed by atoms with Crippen molar-refractivity contribution < 1.29 is 9.50 Å². The quantitative estimate of drug-likeness (QED) is 0.873. The predicted molar refractivity (Wildman–Crippen MR) is 72.0 cm³/mol. The molecule has 0 amide bonds. The molecule has 1 unspecified atom stereocenters. The molecule has 1 heterocycles. The van der Waals surface area contributed by atoms with Gasteiger partial charge >= 0.3 is 0 Å². The first kappa shape index (κ1) is 12.7. The summed E-state index contributed by atoms with van der Waals surface area (Å²) in [4.78, 5) is 0.991. The molecule has 17 heavy (non-hydrogen) atoms. The van der Waals surface area contributed by atoms with Gasteiger partial charge in [-0.2, -0.15) is 0 Å². The highest BCUT2D eigenvalue weighted by atomic mass is 79.9. The Morgan fingerprint density at radius 2 is 1.94 bits per heavy atom. The second kappa shape index (κ2) is 4.88. The van der Waals surface area contributed by atoms with E-state index in [-0.39, 0.29) is 5.82 Å². The lowest BCUT2D eigenvalue weighted by Crippen LogP contribution is -2.03. The van der Waals surface area contributed by atoms with Gasteiger partial charge in [-0.25, -0.2) is 4.39 Å². The van der Waals surface area contributed by atoms with Crippen molar-refractivity contribution in [3.8, 4) is 0 Å². The standard InChI is InChI=1S/C13H12BrFOS/c1-7-3-4-11(15)10(5-7)13(16)9-6-12(14)17-8(9)2/h3-6,13,16H,1-2H3. The molecule has 0 spiro atoms. The second-order valence-corrected chi connectivity index (χ2v) is 6.63. The highest BCUT2D eigenvalue weighted by Gasteiger charge is 2.18. The molecule has 0 radical (unpaired) electrons. The van der Waals surface area contributed by atoms with Gasteiger partial charge in [0.15, 0.2) is 0 Å². The van der Waals surface area contributed by atoms with Gasteiger partial charge < -0.3 is 5.11 Å². The highest BCUT2D eigenvalue weighted by Crippen LogP contribution is 2.34. The number of benzene rings is 1. The van der Waals surface area contributed by atoms with Crippen LogP contribution in [0.3, 0.4) is 0 Å². The molecule has 2 rings (SSSR count). The molecule has 0 aliphatic heterocycles. The Labute approximate surface area is 112 Å². The maximum Gasteiger partial charge on any atom is 0.129 e. The van der Waals surface area contributed by atoms with Crippen molar-refractivity contribution >= 4 is 27.3 Å². The Balaban J connectivity index is 2.46. The lowest BCUT2D eigenvalue weighted by Gasteiger charge is -2.12. The molecule has 1 aromatic heterocycles. The molecule has 0 saturated carbocycles. The van der Waals surface area contributed by atoms with E-state index in [0.717, 1.165) is 19.8 Å². The zero-order valence-electron chi connectivity index (χ0n) is 9.50. The van der Waals surface area contributed by atoms with Crippen LogP contribution >= 0.6 is 27.3 Å². The number of hydrogen-bond acceptors (Lipinski definition) is 2. The first-order chi connectivity index (χ1) is 7.99. The third-order valence-corrected chi connectivity index (χ3v) is 4.24. The van der Waals surface area contributed by atoms with Crippen molar-refractivity contribution in [1.29, 1.82) is 0 Å². The summed E-state index contributed by atoms with van der Waals surface area (Å²) in [5.41, 5.74) is 2.03. The van der Waals surface area contributed by atoms with Gasteiger partial charge in [-0.05, 0) is 47.5 Å². The van der Waals surface area contributed by atoms with Gasteiger partial charge in [-0.1, -0.05) is 17.7 Å². The summed E-state index contributed by atoms with van der Waals surface area (Å²) < 4.78 is 14.6. The molecule has 1 aromatic carbocycles. The first-order valence-corrected chi connectivity index (χ1v) is 6.80. The van der Waals surface area contributed by atoms with E-state index in [0.29, 0.717) is 5.56 Å². The van der Waals surface area contributed by atoms with Crippen LogP contribution in [0.4, 0.5) is 4.39 Å². The minimum absolute atomic E-state index is 0.332. The highest BCUT2D eigenvalue weighted by molar-refractivity contribution is 9.11. The molecule has 0 aliphatic rings. The number of aliphatic hydroxyl groups is 1. The SMILES string of the molecule is Cc1ccc(F)c(C(O)c2cc(Br)sc2C)c1. The lowest BCUT2D eigenvalue weighted by molar-refractivity contribution is 0.214. The maximum atomic E-state index is 13.7. The summed E-state index contributed by atoms with van der Waals surface area (Å²) in [6, 6.07) is 6.62. The molecule has 0 fully saturated rings. The number of thiophene rings is 1. The summed E-state index contributed by atoms with van der Waals surface area (Å²) in [5.74, 6) is -0.371. The van der Waals surface area contributed by atoms with Crippen LogP contribution in [0.25, 0.3) is 0 Å². The summed E-state index contributed by atoms with van der Waals surface area (Å²) in [5, 5.41) is 10.2. The molecule has 0 saturated heterocycles. The summed E-state index contributed by atoms with van der Waals surface area (Å²) in [6.45, 7) is 3.80. The maximum absolute atomic E-state index is 13.7. The smallest absolute Gasteiger partial charge is 0.129 e. The van der Waals surface area contributed by atoms with Crippen molar-refractivity contribution in [3.63, 3.8) is 0 Å². The largest absolute Gasteiger partial charge is 0.384 e. The number of hydrogen-bond donors (Lipinski definition) is 1. The van der Waals surface area contributed by atoms with Crippen LogP contribution in [0.5, 0.6) is 0 Å². The van der Waals surface area contributed by atoms with E-state index in [9.17, 15) is 9.50 Å². The third-order valence-electron chi connectivity index (χ3n) is 2.67. The van der Waals surface area contributed by atoms with E-state index >= 15 is 0 Å². The molecule has 1 N–H and O–H groups in total. The van der Waals surface area contributed by atoms with Crippen LogP contribution in [-0.2, 0) is 0 Å². The average molecular weight is 315 g/mol. The Bertz CT molecular complexity index is 550. The monoisotopic (exact) mass is 314 g/mol. The molecular formula is C13H12BrFOS. The normalized spacial score (nSPS) is 12.8. The second-order valence-electron chi connectivity index (χ2n) is 3.99. The first-order valence-electron chi connectivity index (χ1n) is 5.19. The topological polar surface area (TPSA) is 20.2 Å². The van der Waals surface area contributed by atoms with Crippen LogP contribution in [0.2, 0.25) is 0 Å². The molecule has 4 heteroatoms. The van der Waals surface area contributed by atoms with Gasteiger partial charge in [0.25, 0.3) is 0 Å². The van der Waals surface area contributed by atoms with E-state index in [4.69, 9.17) is 0 Å². The van der Waals surface area contributed by atoms with Gasteiger partial charge in [0.2, 0.25) is 0 Å². The fourth-order valence-corrected chi connectivity index (χ4v) is 3.51. The van der Waals surface area contributed by atoms with Crippen LogP contribution in [0.15, 0.2) is 28.1 Å². The Hall–Kier alpha value is -0.710. The van der Waals surface area contributed by atoms with E-state index in [1.807, 2.05) is 19.9 Å². The molecular weight excluding hydrogens is 303 g/mol. The van der Waals surface area contributed by atoms with E-state index < -0.39 is 6.10 Å². The Kier molecular flexibility index (Phi) is 3.66. The van der Waals surface area contributed by atoms with Crippen LogP contribution in [0.1, 0.15) is 27.7 Å². The number of rotatable bonds is 2. The number of halogens is 2. The zero-order chi connectivity index (χ0) is 12.6. The lowest BCUT2D eigenvalue weighted by atomic mass is 10.0. The third kappa shape index (κ3) is 2.59. The van der Waals surface area contributed by atoms with Gasteiger partial charge in [-0.3, -0.25) is 0 Å². The predicted octanol–water partition coefficient (Wildman–Crippen LogP) is 4.35. The van der Waals surface area contributed by atoms with Crippen molar-refractivity contribution in [3.05, 3.63) is 55.4 Å². The van der Waals surface area contributed by atoms with Crippen LogP contribution in [-0.4, -0.2) is 5.11 Å². The minimum atomic E-state index is -0.905. The molecule has 0 aliphatic carbocycles. The van der Waals surface area contributed by atoms with Gasteiger partial charge in [0, 0.05) is 10.4 Å². The van der Waals surface area contributed by atoms with Crippen molar-refractivity contribution in [2.24, 2.45) is 0 Å². The minimum Gasteiger partial charge on any atom is -0.384 e. The average Bonchev–Trinajstić information content (AvgIpc) is 2.60. The van der Waals surface area contributed by atoms with E-state index in [2.05, 4.69) is 15.9 Å². The van der Waals surface area contributed by atoms with E-state index in [1.165, 1.54) is 17.4 Å². The van der Waals surface area contributed by atoms with Gasteiger partial charge in [-0.15, -0.1) is 11.3 Å². The zero-order valence-corrected chi connectivity index (χ0v) is 11.9. The fourth-order valence-electron chi connectivity index (χ4n) is 1.77. The fraction of sp³-hybridized carbons (Fsp3) is 0.231. The number of aliphatic hydroxyl groups excluding tert-OH is 1. The van der Waals surface area contributed by atoms with Gasteiger partial charge in [0.1, 0.15) is 11.9 Å². The van der Waals surface area contributed by atoms with Gasteiger partial charge in [0.05, 0.1) is 3.79 Å². The molecule has 0 bridgehead atoms. The summed E-state index contributed by atoms with van der Waals surface area (Å²) >= 11 is 4.91. The summed E-state index contributed by atoms with van der Waals surface area (Å²) in [7, 11) is 0. The van der Waals surface area contributed by atoms with Crippen molar-refractivity contribution in [2.75, 3.05) is 0 Å². The molecule has 2 aromatic rings. The number of aryl methyl sites for hydroxylation is 2. The molecule has 1 atom stereocenters. The molecule has 90 valence electrons. The Morgan fingerprint density at radius 1 is 1.24 bits per heavy atom. The Morgan fingerprint density at radius 3 is 2.53 bits per heavy atom. The van der Waals surface area contributed by atoms with E-state index in [1.54, 1.807) is 12.1 Å². The van der Waals surface area contributed by atoms with Crippen LogP contribution in [0, 0.1) is 19.7 Å². The van der Waals surface area contributed by atoms with Crippen LogP contribution < -0.4 is 0 Å². The summed E-state index contributed by atoms with van der Waals surface area (Å²) in [6.07, 6.45) is -0.905.